The van der Waals surface area contributed by atoms with Crippen LogP contribution in [0.5, 0.6) is 0 Å². The fourth-order valence-corrected chi connectivity index (χ4v) is 2.85. The molecule has 0 radical (unpaired) electrons. The predicted molar refractivity (Wildman–Crippen MR) is 70.0 cm³/mol. The number of aromatic nitrogens is 1. The average molecular weight is 255 g/mol. The minimum absolute atomic E-state index is 0.0420. The fourth-order valence-electron chi connectivity index (χ4n) is 2.09. The Morgan fingerprint density at radius 2 is 2.53 bits per heavy atom. The molecule has 1 saturated heterocycles. The van der Waals surface area contributed by atoms with E-state index in [1.54, 1.807) is 11.3 Å². The van der Waals surface area contributed by atoms with Crippen molar-refractivity contribution in [2.75, 3.05) is 19.8 Å². The second-order valence-corrected chi connectivity index (χ2v) is 5.46. The number of ether oxygens (including phenoxy) is 1. The van der Waals surface area contributed by atoms with Crippen LogP contribution in [0.4, 0.5) is 0 Å². The molecule has 0 aromatic carbocycles. The lowest BCUT2D eigenvalue weighted by molar-refractivity contribution is -0.0132. The van der Waals surface area contributed by atoms with Crippen molar-refractivity contribution < 1.29 is 4.74 Å². The van der Waals surface area contributed by atoms with Gasteiger partial charge < -0.3 is 10.5 Å². The van der Waals surface area contributed by atoms with E-state index in [0.29, 0.717) is 6.04 Å². The molecule has 1 aliphatic rings. The van der Waals surface area contributed by atoms with Gasteiger partial charge in [0.2, 0.25) is 0 Å². The Morgan fingerprint density at radius 1 is 1.71 bits per heavy atom. The zero-order valence-corrected chi connectivity index (χ0v) is 11.4. The molecule has 0 bridgehead atoms. The number of thiazole rings is 1. The molecule has 2 rings (SSSR count). The number of morpholine rings is 1. The minimum Gasteiger partial charge on any atom is -0.378 e. The Balaban J connectivity index is 1.98. The van der Waals surface area contributed by atoms with E-state index in [1.807, 2.05) is 6.92 Å². The van der Waals surface area contributed by atoms with Gasteiger partial charge in [-0.2, -0.15) is 0 Å². The van der Waals surface area contributed by atoms with Gasteiger partial charge >= 0.3 is 0 Å². The summed E-state index contributed by atoms with van der Waals surface area (Å²) >= 11 is 1.66. The van der Waals surface area contributed by atoms with Crippen LogP contribution in [-0.2, 0) is 11.3 Å². The van der Waals surface area contributed by atoms with E-state index < -0.39 is 0 Å². The summed E-state index contributed by atoms with van der Waals surface area (Å²) in [4.78, 5) is 7.05. The second kappa shape index (κ2) is 5.91. The Morgan fingerprint density at radius 3 is 3.18 bits per heavy atom. The van der Waals surface area contributed by atoms with Crippen LogP contribution in [0.3, 0.4) is 0 Å². The summed E-state index contributed by atoms with van der Waals surface area (Å²) in [5, 5.41) is 3.15. The molecule has 17 heavy (non-hydrogen) atoms. The maximum atomic E-state index is 5.83. The molecule has 96 valence electrons. The first-order valence-electron chi connectivity index (χ1n) is 6.22. The largest absolute Gasteiger partial charge is 0.378 e. The molecular weight excluding hydrogens is 234 g/mol. The van der Waals surface area contributed by atoms with Crippen molar-refractivity contribution in [1.82, 2.24) is 9.88 Å². The number of hydrogen-bond donors (Lipinski definition) is 1. The molecule has 2 unspecified atom stereocenters. The molecule has 2 N–H and O–H groups in total. The van der Waals surface area contributed by atoms with Gasteiger partial charge in [0.25, 0.3) is 0 Å². The zero-order valence-electron chi connectivity index (χ0n) is 10.6. The van der Waals surface area contributed by atoms with Gasteiger partial charge in [0.05, 0.1) is 24.9 Å². The lowest BCUT2D eigenvalue weighted by Crippen LogP contribution is -2.44. The predicted octanol–water partition coefficient (Wildman–Crippen LogP) is 1.77. The van der Waals surface area contributed by atoms with Crippen LogP contribution >= 0.6 is 11.3 Å². The molecule has 0 amide bonds. The van der Waals surface area contributed by atoms with Crippen LogP contribution in [0.25, 0.3) is 0 Å². The maximum Gasteiger partial charge on any atom is 0.109 e. The molecule has 2 atom stereocenters. The van der Waals surface area contributed by atoms with E-state index in [2.05, 4.69) is 22.2 Å². The molecule has 1 aliphatic heterocycles. The lowest BCUT2D eigenvalue weighted by atomic mass is 10.1. The number of nitrogens with two attached hydrogens (primary N) is 1. The maximum absolute atomic E-state index is 5.83. The minimum atomic E-state index is 0.0420. The van der Waals surface area contributed by atoms with E-state index in [9.17, 15) is 0 Å². The van der Waals surface area contributed by atoms with Crippen LogP contribution in [0, 0.1) is 0 Å². The summed E-state index contributed by atoms with van der Waals surface area (Å²) < 4.78 is 5.50. The van der Waals surface area contributed by atoms with Gasteiger partial charge in [-0.25, -0.2) is 4.98 Å². The summed E-state index contributed by atoms with van der Waals surface area (Å²) in [7, 11) is 0. The van der Waals surface area contributed by atoms with E-state index in [0.717, 1.165) is 43.4 Å². The summed E-state index contributed by atoms with van der Waals surface area (Å²) in [6.45, 7) is 7.79. The molecule has 1 fully saturated rings. The highest BCUT2D eigenvalue weighted by atomic mass is 32.1. The van der Waals surface area contributed by atoms with Crippen LogP contribution in [0.2, 0.25) is 0 Å². The molecule has 0 spiro atoms. The topological polar surface area (TPSA) is 51.4 Å². The molecule has 4 nitrogen and oxygen atoms in total. The molecule has 5 heteroatoms. The third kappa shape index (κ3) is 3.25. The van der Waals surface area contributed by atoms with E-state index in [-0.39, 0.29) is 6.04 Å². The SMILES string of the molecule is CCC1COCCN1Cc1csc(C(C)N)n1. The van der Waals surface area contributed by atoms with Crippen LogP contribution in [0.1, 0.15) is 37.0 Å². The van der Waals surface area contributed by atoms with Gasteiger partial charge in [0, 0.05) is 24.5 Å². The van der Waals surface area contributed by atoms with Crippen molar-refractivity contribution in [2.24, 2.45) is 5.73 Å². The van der Waals surface area contributed by atoms with Gasteiger partial charge in [-0.15, -0.1) is 11.3 Å². The summed E-state index contributed by atoms with van der Waals surface area (Å²) in [6.07, 6.45) is 1.13. The quantitative estimate of drug-likeness (QED) is 0.891. The Hall–Kier alpha value is -0.490. The van der Waals surface area contributed by atoms with Gasteiger partial charge in [-0.05, 0) is 13.3 Å². The first-order valence-corrected chi connectivity index (χ1v) is 7.10. The Labute approximate surface area is 107 Å². The molecule has 1 aromatic rings. The van der Waals surface area contributed by atoms with Crippen molar-refractivity contribution in [3.8, 4) is 0 Å². The van der Waals surface area contributed by atoms with Crippen molar-refractivity contribution in [3.05, 3.63) is 16.1 Å². The van der Waals surface area contributed by atoms with Gasteiger partial charge in [0.1, 0.15) is 5.01 Å². The van der Waals surface area contributed by atoms with Gasteiger partial charge in [-0.3, -0.25) is 4.90 Å². The van der Waals surface area contributed by atoms with Crippen LogP contribution < -0.4 is 5.73 Å². The highest BCUT2D eigenvalue weighted by Crippen LogP contribution is 2.19. The van der Waals surface area contributed by atoms with E-state index >= 15 is 0 Å². The standard InChI is InChI=1S/C12H21N3OS/c1-3-11-7-16-5-4-15(11)6-10-8-17-12(14-10)9(2)13/h8-9,11H,3-7,13H2,1-2H3. The zero-order chi connectivity index (χ0) is 12.3. The van der Waals surface area contributed by atoms with Gasteiger partial charge in [-0.1, -0.05) is 6.92 Å². The lowest BCUT2D eigenvalue weighted by Gasteiger charge is -2.34. The fraction of sp³-hybridized carbons (Fsp3) is 0.750. The second-order valence-electron chi connectivity index (χ2n) is 4.57. The molecule has 2 heterocycles. The highest BCUT2D eigenvalue weighted by molar-refractivity contribution is 7.09. The summed E-state index contributed by atoms with van der Waals surface area (Å²) in [6, 6.07) is 0.574. The number of nitrogens with zero attached hydrogens (tertiary/aromatic N) is 2. The highest BCUT2D eigenvalue weighted by Gasteiger charge is 2.22. The van der Waals surface area contributed by atoms with Crippen molar-refractivity contribution in [3.63, 3.8) is 0 Å². The van der Waals surface area contributed by atoms with Crippen LogP contribution in [0.15, 0.2) is 5.38 Å². The van der Waals surface area contributed by atoms with E-state index in [1.165, 1.54) is 0 Å². The molecular formula is C12H21N3OS. The van der Waals surface area contributed by atoms with Crippen molar-refractivity contribution in [1.29, 1.82) is 0 Å². The smallest absolute Gasteiger partial charge is 0.109 e. The van der Waals surface area contributed by atoms with Crippen LogP contribution in [-0.4, -0.2) is 35.7 Å². The third-order valence-corrected chi connectivity index (χ3v) is 4.24. The average Bonchev–Trinajstić information content (AvgIpc) is 2.78. The Kier molecular flexibility index (Phi) is 4.50. The third-order valence-electron chi connectivity index (χ3n) is 3.14. The molecule has 0 aliphatic carbocycles. The number of hydrogen-bond acceptors (Lipinski definition) is 5. The summed E-state index contributed by atoms with van der Waals surface area (Å²) in [5.74, 6) is 0. The molecule has 0 saturated carbocycles. The van der Waals surface area contributed by atoms with E-state index in [4.69, 9.17) is 10.5 Å². The molecule has 1 aromatic heterocycles. The van der Waals surface area contributed by atoms with Crippen molar-refractivity contribution in [2.45, 2.75) is 38.9 Å². The summed E-state index contributed by atoms with van der Waals surface area (Å²) in [5.41, 5.74) is 6.97. The van der Waals surface area contributed by atoms with Gasteiger partial charge in [0.15, 0.2) is 0 Å². The normalized spacial score (nSPS) is 23.8. The van der Waals surface area contributed by atoms with Crippen molar-refractivity contribution >= 4 is 11.3 Å². The Bertz CT molecular complexity index is 353. The monoisotopic (exact) mass is 255 g/mol. The first-order chi connectivity index (χ1) is 8.20. The number of rotatable bonds is 4. The first kappa shape index (κ1) is 13.0.